The number of aromatic amines is 1. The summed E-state index contributed by atoms with van der Waals surface area (Å²) in [5.41, 5.74) is 0.386. The van der Waals surface area contributed by atoms with Gasteiger partial charge in [0.2, 0.25) is 10.0 Å². The molecule has 1 saturated heterocycles. The van der Waals surface area contributed by atoms with Gasteiger partial charge in [-0.2, -0.15) is 4.31 Å². The van der Waals surface area contributed by atoms with Crippen LogP contribution in [0.25, 0.3) is 10.2 Å². The molecule has 3 aromatic rings. The highest BCUT2D eigenvalue weighted by Crippen LogP contribution is 2.26. The third-order valence-electron chi connectivity index (χ3n) is 4.97. The van der Waals surface area contributed by atoms with Crippen LogP contribution in [-0.2, 0) is 16.6 Å². The van der Waals surface area contributed by atoms with E-state index in [4.69, 9.17) is 11.6 Å². The van der Waals surface area contributed by atoms with Gasteiger partial charge in [0.25, 0.3) is 11.5 Å². The van der Waals surface area contributed by atoms with Gasteiger partial charge in [0.1, 0.15) is 10.5 Å². The number of rotatable bonds is 5. The highest BCUT2D eigenvalue weighted by Gasteiger charge is 2.29. The number of sulfonamides is 1. The minimum atomic E-state index is -3.67. The quantitative estimate of drug-likeness (QED) is 0.622. The van der Waals surface area contributed by atoms with Crippen molar-refractivity contribution in [3.63, 3.8) is 0 Å². The topological polar surface area (TPSA) is 103 Å². The monoisotopic (exact) mass is 466 g/mol. The Morgan fingerprint density at radius 2 is 2.03 bits per heavy atom. The van der Waals surface area contributed by atoms with E-state index in [9.17, 15) is 18.0 Å². The average molecular weight is 467 g/mol. The van der Waals surface area contributed by atoms with E-state index in [1.807, 2.05) is 0 Å². The molecule has 0 bridgehead atoms. The number of nitrogens with one attached hydrogen (secondary N) is 1. The summed E-state index contributed by atoms with van der Waals surface area (Å²) < 4.78 is 27.6. The number of fused-ring (bicyclic) bond motifs is 1. The van der Waals surface area contributed by atoms with Gasteiger partial charge in [-0.15, -0.1) is 11.3 Å². The fraction of sp³-hybridized carbons (Fsp3) is 0.316. The summed E-state index contributed by atoms with van der Waals surface area (Å²) in [5.74, 6) is -0.134. The lowest BCUT2D eigenvalue weighted by Gasteiger charge is -2.19. The molecule has 1 aliphatic heterocycles. The third-order valence-corrected chi connectivity index (χ3v) is 8.10. The molecule has 11 heteroatoms. The van der Waals surface area contributed by atoms with E-state index in [0.717, 1.165) is 12.8 Å². The Morgan fingerprint density at radius 1 is 1.30 bits per heavy atom. The fourth-order valence-electron chi connectivity index (χ4n) is 3.40. The number of hydrogen-bond donors (Lipinski definition) is 1. The van der Waals surface area contributed by atoms with Crippen molar-refractivity contribution in [3.05, 3.63) is 56.4 Å². The van der Waals surface area contributed by atoms with Crippen LogP contribution >= 0.6 is 22.9 Å². The molecule has 1 aromatic carbocycles. The van der Waals surface area contributed by atoms with Crippen molar-refractivity contribution < 1.29 is 13.2 Å². The van der Waals surface area contributed by atoms with Crippen molar-refractivity contribution in [1.29, 1.82) is 0 Å². The van der Waals surface area contributed by atoms with Crippen molar-refractivity contribution >= 4 is 49.1 Å². The zero-order valence-electron chi connectivity index (χ0n) is 16.1. The van der Waals surface area contributed by atoms with E-state index in [-0.39, 0.29) is 27.6 Å². The van der Waals surface area contributed by atoms with Crippen molar-refractivity contribution in [2.45, 2.75) is 24.3 Å². The SMILES string of the molecule is CN(Cc1nc2ccsc2c(=O)[nH]1)C(=O)c1cc(S(=O)(=O)N2CCCC2)ccc1Cl. The Hall–Kier alpha value is -2.27. The van der Waals surface area contributed by atoms with Gasteiger partial charge in [0.15, 0.2) is 0 Å². The maximum absolute atomic E-state index is 13.0. The number of halogens is 1. The normalized spacial score (nSPS) is 15.0. The number of benzene rings is 1. The Bertz CT molecular complexity index is 1280. The first kappa shape index (κ1) is 21.0. The summed E-state index contributed by atoms with van der Waals surface area (Å²) in [5, 5.41) is 1.93. The predicted octanol–water partition coefficient (Wildman–Crippen LogP) is 2.69. The molecule has 1 fully saturated rings. The lowest BCUT2D eigenvalue weighted by atomic mass is 10.2. The highest BCUT2D eigenvalue weighted by atomic mass is 35.5. The molecular weight excluding hydrogens is 448 g/mol. The van der Waals surface area contributed by atoms with E-state index in [0.29, 0.717) is 29.1 Å². The number of H-pyrrole nitrogens is 1. The third kappa shape index (κ3) is 3.87. The van der Waals surface area contributed by atoms with E-state index in [1.165, 1.54) is 45.8 Å². The van der Waals surface area contributed by atoms with Gasteiger partial charge < -0.3 is 9.88 Å². The summed E-state index contributed by atoms with van der Waals surface area (Å²) in [6.07, 6.45) is 1.64. The van der Waals surface area contributed by atoms with Gasteiger partial charge in [0.05, 0.1) is 27.5 Å². The number of carbonyl (C=O) groups excluding carboxylic acids is 1. The van der Waals surface area contributed by atoms with Crippen molar-refractivity contribution in [1.82, 2.24) is 19.2 Å². The number of hydrogen-bond acceptors (Lipinski definition) is 6. The van der Waals surface area contributed by atoms with Gasteiger partial charge in [-0.05, 0) is 42.5 Å². The van der Waals surface area contributed by atoms with Crippen LogP contribution in [-0.4, -0.2) is 53.6 Å². The smallest absolute Gasteiger partial charge is 0.268 e. The Morgan fingerprint density at radius 3 is 2.77 bits per heavy atom. The van der Waals surface area contributed by atoms with Gasteiger partial charge in [-0.1, -0.05) is 11.6 Å². The maximum atomic E-state index is 13.0. The standard InChI is InChI=1S/C19H19ClN4O4S2/c1-23(11-16-21-15-6-9-29-17(15)18(25)22-16)19(26)13-10-12(4-5-14(13)20)30(27,28)24-7-2-3-8-24/h4-6,9-10H,2-3,7-8,11H2,1H3,(H,21,22,25). The molecule has 3 heterocycles. The van der Waals surface area contributed by atoms with Crippen LogP contribution in [0.4, 0.5) is 0 Å². The van der Waals surface area contributed by atoms with Gasteiger partial charge in [-0.25, -0.2) is 13.4 Å². The molecule has 0 radical (unpaired) electrons. The Kier molecular flexibility index (Phi) is 5.67. The molecule has 0 spiro atoms. The van der Waals surface area contributed by atoms with Crippen LogP contribution in [0.15, 0.2) is 39.3 Å². The lowest BCUT2D eigenvalue weighted by Crippen LogP contribution is -2.30. The number of nitrogens with zero attached hydrogens (tertiary/aromatic N) is 3. The molecule has 158 valence electrons. The van der Waals surface area contributed by atoms with Crippen LogP contribution in [0, 0.1) is 0 Å². The van der Waals surface area contributed by atoms with Crippen LogP contribution < -0.4 is 5.56 Å². The van der Waals surface area contributed by atoms with Crippen LogP contribution in [0.3, 0.4) is 0 Å². The number of aromatic nitrogens is 2. The molecule has 1 N–H and O–H groups in total. The molecule has 30 heavy (non-hydrogen) atoms. The molecule has 0 aliphatic carbocycles. The van der Waals surface area contributed by atoms with E-state index < -0.39 is 15.9 Å². The van der Waals surface area contributed by atoms with Gasteiger partial charge in [-0.3, -0.25) is 9.59 Å². The first-order valence-electron chi connectivity index (χ1n) is 9.29. The Balaban J connectivity index is 1.61. The number of thiophene rings is 1. The highest BCUT2D eigenvalue weighted by molar-refractivity contribution is 7.89. The minimum absolute atomic E-state index is 0.0387. The minimum Gasteiger partial charge on any atom is -0.334 e. The van der Waals surface area contributed by atoms with Crippen LogP contribution in [0.5, 0.6) is 0 Å². The number of carbonyl (C=O) groups is 1. The second-order valence-corrected chi connectivity index (χ2v) is 10.3. The van der Waals surface area contributed by atoms with Gasteiger partial charge in [0, 0.05) is 20.1 Å². The molecule has 0 unspecified atom stereocenters. The Labute approximate surface area is 182 Å². The second kappa shape index (κ2) is 8.10. The summed E-state index contributed by atoms with van der Waals surface area (Å²) in [6, 6.07) is 5.89. The van der Waals surface area contributed by atoms with Crippen LogP contribution in [0.1, 0.15) is 29.0 Å². The average Bonchev–Trinajstić information content (AvgIpc) is 3.40. The maximum Gasteiger partial charge on any atom is 0.268 e. The molecule has 8 nitrogen and oxygen atoms in total. The van der Waals surface area contributed by atoms with Crippen molar-refractivity contribution in [2.75, 3.05) is 20.1 Å². The zero-order valence-corrected chi connectivity index (χ0v) is 18.5. The molecule has 0 atom stereocenters. The summed E-state index contributed by atoms with van der Waals surface area (Å²) in [4.78, 5) is 33.5. The predicted molar refractivity (Wildman–Crippen MR) is 115 cm³/mol. The molecule has 4 rings (SSSR count). The van der Waals surface area contributed by atoms with E-state index >= 15 is 0 Å². The fourth-order valence-corrected chi connectivity index (χ4v) is 5.87. The molecule has 1 amide bonds. The molecule has 1 aliphatic rings. The van der Waals surface area contributed by atoms with Crippen molar-refractivity contribution in [2.24, 2.45) is 0 Å². The second-order valence-electron chi connectivity index (χ2n) is 7.06. The lowest BCUT2D eigenvalue weighted by molar-refractivity contribution is 0.0781. The first-order chi connectivity index (χ1) is 14.3. The van der Waals surface area contributed by atoms with Crippen LogP contribution in [0.2, 0.25) is 5.02 Å². The molecule has 0 saturated carbocycles. The molecule has 2 aromatic heterocycles. The van der Waals surface area contributed by atoms with Gasteiger partial charge >= 0.3 is 0 Å². The molecular formula is C19H19ClN4O4S2. The largest absolute Gasteiger partial charge is 0.334 e. The summed E-state index contributed by atoms with van der Waals surface area (Å²) >= 11 is 7.50. The first-order valence-corrected chi connectivity index (χ1v) is 12.0. The summed E-state index contributed by atoms with van der Waals surface area (Å²) in [7, 11) is -2.13. The van der Waals surface area contributed by atoms with Crippen molar-refractivity contribution in [3.8, 4) is 0 Å². The van der Waals surface area contributed by atoms with E-state index in [1.54, 1.807) is 11.4 Å². The van der Waals surface area contributed by atoms with E-state index in [2.05, 4.69) is 9.97 Å². The zero-order chi connectivity index (χ0) is 21.5. The summed E-state index contributed by atoms with van der Waals surface area (Å²) in [6.45, 7) is 0.982. The number of amides is 1.